The normalized spacial score (nSPS) is 10.3. The van der Waals surface area contributed by atoms with Gasteiger partial charge in [0, 0.05) is 5.56 Å². The Morgan fingerprint density at radius 1 is 1.53 bits per heavy atom. The van der Waals surface area contributed by atoms with E-state index in [-0.39, 0.29) is 16.7 Å². The molecule has 0 aliphatic heterocycles. The quantitative estimate of drug-likeness (QED) is 0.772. The summed E-state index contributed by atoms with van der Waals surface area (Å²) in [6, 6.07) is 4.02. The summed E-state index contributed by atoms with van der Waals surface area (Å²) in [5, 5.41) is 3.52. The van der Waals surface area contributed by atoms with Crippen molar-refractivity contribution in [3.63, 3.8) is 0 Å². The zero-order valence-corrected chi connectivity index (χ0v) is 9.36. The van der Waals surface area contributed by atoms with Gasteiger partial charge in [0.1, 0.15) is 5.82 Å². The van der Waals surface area contributed by atoms with E-state index in [1.807, 2.05) is 0 Å². The minimum Gasteiger partial charge on any atom is -0.462 e. The van der Waals surface area contributed by atoms with Crippen LogP contribution in [0.4, 0.5) is 4.39 Å². The van der Waals surface area contributed by atoms with Crippen LogP contribution in [0.25, 0.3) is 11.4 Å². The lowest BCUT2D eigenvalue weighted by molar-refractivity contribution is 0.0545. The number of esters is 1. The van der Waals surface area contributed by atoms with E-state index >= 15 is 0 Å². The van der Waals surface area contributed by atoms with E-state index in [1.165, 1.54) is 19.2 Å². The zero-order valence-electron chi connectivity index (χ0n) is 8.61. The number of aromatic nitrogens is 2. The second-order valence-electron chi connectivity index (χ2n) is 3.04. The Bertz CT molecular complexity index is 570. The van der Waals surface area contributed by atoms with Crippen LogP contribution in [-0.2, 0) is 4.74 Å². The van der Waals surface area contributed by atoms with E-state index in [4.69, 9.17) is 11.6 Å². The molecule has 0 atom stereocenters. The smallest absolute Gasteiger partial charge is 0.397 e. The van der Waals surface area contributed by atoms with Gasteiger partial charge >= 0.3 is 11.9 Å². The fraction of sp³-hybridized carbons (Fsp3) is 0.100. The number of ether oxygens (including phenoxy) is 1. The number of benzene rings is 1. The predicted molar refractivity (Wildman–Crippen MR) is 56.0 cm³/mol. The van der Waals surface area contributed by atoms with Gasteiger partial charge in [0.15, 0.2) is 0 Å². The van der Waals surface area contributed by atoms with Crippen molar-refractivity contribution in [2.75, 3.05) is 7.11 Å². The lowest BCUT2D eigenvalue weighted by atomic mass is 10.2. The van der Waals surface area contributed by atoms with Gasteiger partial charge in [0.05, 0.1) is 12.1 Å². The molecule has 2 aromatic rings. The molecule has 1 heterocycles. The van der Waals surface area contributed by atoms with E-state index in [2.05, 4.69) is 19.4 Å². The van der Waals surface area contributed by atoms with Gasteiger partial charge in [-0.2, -0.15) is 4.98 Å². The van der Waals surface area contributed by atoms with Crippen LogP contribution < -0.4 is 0 Å². The highest BCUT2D eigenvalue weighted by Crippen LogP contribution is 2.22. The minimum absolute atomic E-state index is 0.00886. The minimum atomic E-state index is -0.752. The molecule has 0 aliphatic rings. The maximum absolute atomic E-state index is 13.2. The fourth-order valence-corrected chi connectivity index (χ4v) is 1.26. The van der Waals surface area contributed by atoms with Crippen LogP contribution in [0.5, 0.6) is 0 Å². The third-order valence-electron chi connectivity index (χ3n) is 1.96. The maximum atomic E-state index is 13.2. The van der Waals surface area contributed by atoms with Gasteiger partial charge in [-0.05, 0) is 18.2 Å². The molecule has 0 aliphatic carbocycles. The van der Waals surface area contributed by atoms with Crippen LogP contribution in [0.15, 0.2) is 22.7 Å². The topological polar surface area (TPSA) is 65.2 Å². The number of hydrogen-bond acceptors (Lipinski definition) is 5. The molecule has 0 bridgehead atoms. The SMILES string of the molecule is COC(=O)c1nc(-c2ccc(Cl)c(F)c2)no1. The molecule has 1 aromatic heterocycles. The van der Waals surface area contributed by atoms with Crippen molar-refractivity contribution >= 4 is 17.6 Å². The molecule has 5 nitrogen and oxygen atoms in total. The van der Waals surface area contributed by atoms with Crippen molar-refractivity contribution in [3.8, 4) is 11.4 Å². The van der Waals surface area contributed by atoms with Crippen molar-refractivity contribution in [2.24, 2.45) is 0 Å². The first kappa shape index (κ1) is 11.5. The molecule has 17 heavy (non-hydrogen) atoms. The predicted octanol–water partition coefficient (Wildman–Crippen LogP) is 2.32. The van der Waals surface area contributed by atoms with Crippen molar-refractivity contribution in [3.05, 3.63) is 34.9 Å². The lowest BCUT2D eigenvalue weighted by Gasteiger charge is -1.96. The summed E-state index contributed by atoms with van der Waals surface area (Å²) >= 11 is 5.53. The maximum Gasteiger partial charge on any atom is 0.397 e. The van der Waals surface area contributed by atoms with Crippen molar-refractivity contribution < 1.29 is 18.4 Å². The molecule has 0 saturated heterocycles. The Labute approximate surface area is 100 Å². The van der Waals surface area contributed by atoms with Crippen molar-refractivity contribution in [1.82, 2.24) is 10.1 Å². The van der Waals surface area contributed by atoms with Crippen LogP contribution in [0.2, 0.25) is 5.02 Å². The Morgan fingerprint density at radius 2 is 2.29 bits per heavy atom. The number of hydrogen-bond donors (Lipinski definition) is 0. The van der Waals surface area contributed by atoms with E-state index in [1.54, 1.807) is 0 Å². The molecule has 0 fully saturated rings. The van der Waals surface area contributed by atoms with Crippen molar-refractivity contribution in [2.45, 2.75) is 0 Å². The molecule has 88 valence electrons. The summed E-state index contributed by atoms with van der Waals surface area (Å²) in [6.07, 6.45) is 0. The van der Waals surface area contributed by atoms with Crippen molar-refractivity contribution in [1.29, 1.82) is 0 Å². The molecule has 1 aromatic carbocycles. The summed E-state index contributed by atoms with van der Waals surface area (Å²) in [4.78, 5) is 14.8. The first-order valence-electron chi connectivity index (χ1n) is 4.49. The molecule has 0 saturated carbocycles. The monoisotopic (exact) mass is 256 g/mol. The molecular formula is C10H6ClFN2O3. The van der Waals surface area contributed by atoms with Gasteiger partial charge in [0.25, 0.3) is 0 Å². The van der Waals surface area contributed by atoms with Gasteiger partial charge < -0.3 is 9.26 Å². The van der Waals surface area contributed by atoms with Crippen LogP contribution in [0.1, 0.15) is 10.7 Å². The lowest BCUT2D eigenvalue weighted by Crippen LogP contribution is -2.00. The van der Waals surface area contributed by atoms with Crippen LogP contribution in [0.3, 0.4) is 0 Å². The van der Waals surface area contributed by atoms with Crippen LogP contribution in [0, 0.1) is 5.82 Å². The van der Waals surface area contributed by atoms with Gasteiger partial charge in [-0.15, -0.1) is 0 Å². The number of carbonyl (C=O) groups is 1. The molecule has 0 N–H and O–H groups in total. The molecular weight excluding hydrogens is 251 g/mol. The summed E-state index contributed by atoms with van der Waals surface area (Å²) in [5.41, 5.74) is 0.353. The molecule has 0 radical (unpaired) electrons. The standard InChI is InChI=1S/C10H6ClFN2O3/c1-16-10(15)9-13-8(14-17-9)5-2-3-6(11)7(12)4-5/h2-4H,1H3. The average molecular weight is 257 g/mol. The number of rotatable bonds is 2. The highest BCUT2D eigenvalue weighted by molar-refractivity contribution is 6.30. The number of nitrogens with zero attached hydrogens (tertiary/aromatic N) is 2. The summed E-state index contributed by atoms with van der Waals surface area (Å²) in [5.74, 6) is -1.56. The molecule has 0 spiro atoms. The number of carbonyl (C=O) groups excluding carboxylic acids is 1. The van der Waals surface area contributed by atoms with Crippen LogP contribution in [-0.4, -0.2) is 23.2 Å². The molecule has 0 unspecified atom stereocenters. The Balaban J connectivity index is 2.37. The second kappa shape index (κ2) is 4.50. The third-order valence-corrected chi connectivity index (χ3v) is 2.27. The molecule has 0 amide bonds. The van der Waals surface area contributed by atoms with E-state index in [9.17, 15) is 9.18 Å². The van der Waals surface area contributed by atoms with E-state index in [0.717, 1.165) is 6.07 Å². The number of halogens is 2. The van der Waals surface area contributed by atoms with Crippen LogP contribution >= 0.6 is 11.6 Å². The summed E-state index contributed by atoms with van der Waals surface area (Å²) < 4.78 is 22.2. The molecule has 7 heteroatoms. The first-order chi connectivity index (χ1) is 8.11. The average Bonchev–Trinajstić information content (AvgIpc) is 2.81. The fourth-order valence-electron chi connectivity index (χ4n) is 1.15. The first-order valence-corrected chi connectivity index (χ1v) is 4.87. The Kier molecular flexibility index (Phi) is 3.06. The van der Waals surface area contributed by atoms with Gasteiger partial charge in [-0.25, -0.2) is 9.18 Å². The highest BCUT2D eigenvalue weighted by atomic mass is 35.5. The third kappa shape index (κ3) is 2.26. The highest BCUT2D eigenvalue weighted by Gasteiger charge is 2.16. The van der Waals surface area contributed by atoms with Gasteiger partial charge in [-0.3, -0.25) is 0 Å². The Hall–Kier alpha value is -1.95. The van der Waals surface area contributed by atoms with Gasteiger partial charge in [-0.1, -0.05) is 16.8 Å². The number of methoxy groups -OCH3 is 1. The molecule has 2 rings (SSSR count). The van der Waals surface area contributed by atoms with E-state index in [0.29, 0.717) is 5.56 Å². The zero-order chi connectivity index (χ0) is 12.4. The summed E-state index contributed by atoms with van der Waals surface area (Å²) in [6.45, 7) is 0. The Morgan fingerprint density at radius 3 is 2.94 bits per heavy atom. The second-order valence-corrected chi connectivity index (χ2v) is 3.45. The van der Waals surface area contributed by atoms with Gasteiger partial charge in [0.2, 0.25) is 5.82 Å². The van der Waals surface area contributed by atoms with E-state index < -0.39 is 11.8 Å². The largest absolute Gasteiger partial charge is 0.462 e. The summed E-state index contributed by atoms with van der Waals surface area (Å²) in [7, 11) is 1.19.